The van der Waals surface area contributed by atoms with Gasteiger partial charge in [0, 0.05) is 24.7 Å². The van der Waals surface area contributed by atoms with E-state index in [0.29, 0.717) is 37.9 Å². The lowest BCUT2D eigenvalue weighted by Gasteiger charge is -2.30. The number of hydrogen-bond donors (Lipinski definition) is 0. The van der Waals surface area contributed by atoms with E-state index in [9.17, 15) is 9.59 Å². The lowest BCUT2D eigenvalue weighted by atomic mass is 10.1. The molecule has 1 aromatic rings. The predicted molar refractivity (Wildman–Crippen MR) is 105 cm³/mol. The van der Waals surface area contributed by atoms with Crippen molar-refractivity contribution in [2.75, 3.05) is 39.4 Å². The third-order valence-corrected chi connectivity index (χ3v) is 4.93. The van der Waals surface area contributed by atoms with Crippen molar-refractivity contribution in [2.24, 2.45) is 0 Å². The summed E-state index contributed by atoms with van der Waals surface area (Å²) in [5.74, 6) is 0.436. The standard InChI is InChI=1S/C21H32N2O4/c1-4-22-14-7-8-18(22)16-23(15-13-20(24)27-6-3)21(25)17-9-11-19(12-10-17)26-5-2/h9-12,18H,4-8,13-16H2,1-3H3. The highest BCUT2D eigenvalue weighted by molar-refractivity contribution is 5.94. The number of likely N-dealkylation sites (N-methyl/N-ethyl adjacent to an activating group) is 1. The van der Waals surface area contributed by atoms with Crippen LogP contribution < -0.4 is 4.74 Å². The zero-order chi connectivity index (χ0) is 19.6. The zero-order valence-corrected chi connectivity index (χ0v) is 16.8. The monoisotopic (exact) mass is 376 g/mol. The predicted octanol–water partition coefficient (Wildman–Crippen LogP) is 2.97. The van der Waals surface area contributed by atoms with Crippen LogP contribution >= 0.6 is 0 Å². The smallest absolute Gasteiger partial charge is 0.307 e. The first kappa shape index (κ1) is 21.2. The number of nitrogens with zero attached hydrogens (tertiary/aromatic N) is 2. The van der Waals surface area contributed by atoms with Gasteiger partial charge in [-0.3, -0.25) is 14.5 Å². The number of esters is 1. The maximum Gasteiger partial charge on any atom is 0.307 e. The van der Waals surface area contributed by atoms with E-state index in [1.165, 1.54) is 0 Å². The first-order valence-corrected chi connectivity index (χ1v) is 10.0. The topological polar surface area (TPSA) is 59.1 Å². The van der Waals surface area contributed by atoms with E-state index in [-0.39, 0.29) is 18.3 Å². The van der Waals surface area contributed by atoms with Crippen LogP contribution in [-0.4, -0.2) is 67.1 Å². The summed E-state index contributed by atoms with van der Waals surface area (Å²) in [6.07, 6.45) is 2.46. The maximum absolute atomic E-state index is 13.1. The summed E-state index contributed by atoms with van der Waals surface area (Å²) in [7, 11) is 0. The Kier molecular flexibility index (Phi) is 8.58. The van der Waals surface area contributed by atoms with Crippen molar-refractivity contribution in [3.63, 3.8) is 0 Å². The van der Waals surface area contributed by atoms with Crippen LogP contribution in [0.5, 0.6) is 5.75 Å². The van der Waals surface area contributed by atoms with Gasteiger partial charge < -0.3 is 14.4 Å². The molecule has 0 saturated carbocycles. The summed E-state index contributed by atoms with van der Waals surface area (Å²) in [5, 5.41) is 0. The van der Waals surface area contributed by atoms with Gasteiger partial charge in [-0.1, -0.05) is 6.92 Å². The zero-order valence-electron chi connectivity index (χ0n) is 16.8. The molecule has 1 heterocycles. The highest BCUT2D eigenvalue weighted by Gasteiger charge is 2.28. The average Bonchev–Trinajstić information content (AvgIpc) is 3.13. The van der Waals surface area contributed by atoms with E-state index in [2.05, 4.69) is 11.8 Å². The molecule has 27 heavy (non-hydrogen) atoms. The number of rotatable bonds is 10. The van der Waals surface area contributed by atoms with E-state index in [4.69, 9.17) is 9.47 Å². The van der Waals surface area contributed by atoms with Crippen molar-refractivity contribution in [3.8, 4) is 5.75 Å². The number of amides is 1. The summed E-state index contributed by atoms with van der Waals surface area (Å²) in [6, 6.07) is 7.56. The Bertz CT molecular complexity index is 603. The summed E-state index contributed by atoms with van der Waals surface area (Å²) < 4.78 is 10.5. The molecule has 1 unspecified atom stereocenters. The van der Waals surface area contributed by atoms with Crippen molar-refractivity contribution in [1.82, 2.24) is 9.80 Å². The van der Waals surface area contributed by atoms with E-state index >= 15 is 0 Å². The lowest BCUT2D eigenvalue weighted by Crippen LogP contribution is -2.44. The minimum absolute atomic E-state index is 0.0506. The molecule has 1 fully saturated rings. The molecule has 6 heteroatoms. The van der Waals surface area contributed by atoms with Crippen molar-refractivity contribution in [1.29, 1.82) is 0 Å². The third-order valence-electron chi connectivity index (χ3n) is 4.93. The molecule has 150 valence electrons. The molecule has 0 aliphatic carbocycles. The van der Waals surface area contributed by atoms with Crippen molar-refractivity contribution >= 4 is 11.9 Å². The summed E-state index contributed by atoms with van der Waals surface area (Å²) >= 11 is 0. The molecule has 1 atom stereocenters. The Hall–Kier alpha value is -2.08. The molecule has 1 aliphatic rings. The van der Waals surface area contributed by atoms with Gasteiger partial charge in [0.15, 0.2) is 0 Å². The number of carbonyl (C=O) groups is 2. The van der Waals surface area contributed by atoms with Crippen LogP contribution in [0.15, 0.2) is 24.3 Å². The molecule has 0 bridgehead atoms. The second-order valence-electron chi connectivity index (χ2n) is 6.69. The van der Waals surface area contributed by atoms with Crippen LogP contribution in [0.4, 0.5) is 0 Å². The van der Waals surface area contributed by atoms with E-state index in [1.807, 2.05) is 19.1 Å². The minimum atomic E-state index is -0.263. The van der Waals surface area contributed by atoms with Gasteiger partial charge in [0.2, 0.25) is 0 Å². The first-order chi connectivity index (χ1) is 13.1. The maximum atomic E-state index is 13.1. The second kappa shape index (κ2) is 10.9. The van der Waals surface area contributed by atoms with Gasteiger partial charge in [0.05, 0.1) is 19.6 Å². The second-order valence-corrected chi connectivity index (χ2v) is 6.69. The molecular weight excluding hydrogens is 344 g/mol. The van der Waals surface area contributed by atoms with Gasteiger partial charge in [-0.2, -0.15) is 0 Å². The fourth-order valence-electron chi connectivity index (χ4n) is 3.55. The molecule has 2 rings (SSSR count). The first-order valence-electron chi connectivity index (χ1n) is 10.0. The highest BCUT2D eigenvalue weighted by Crippen LogP contribution is 2.20. The number of likely N-dealkylation sites (tertiary alicyclic amines) is 1. The molecule has 1 aliphatic heterocycles. The van der Waals surface area contributed by atoms with Crippen LogP contribution in [0.25, 0.3) is 0 Å². The molecule has 1 saturated heterocycles. The fraction of sp³-hybridized carbons (Fsp3) is 0.619. The van der Waals surface area contributed by atoms with E-state index in [0.717, 1.165) is 31.7 Å². The van der Waals surface area contributed by atoms with E-state index < -0.39 is 0 Å². The Morgan fingerprint density at radius 3 is 2.52 bits per heavy atom. The van der Waals surface area contributed by atoms with Crippen LogP contribution in [0.3, 0.4) is 0 Å². The summed E-state index contributed by atoms with van der Waals surface area (Å²) in [6.45, 7) is 9.88. The van der Waals surface area contributed by atoms with Gasteiger partial charge in [-0.05, 0) is 64.0 Å². The van der Waals surface area contributed by atoms with Gasteiger partial charge in [-0.25, -0.2) is 0 Å². The molecular formula is C21H32N2O4. The van der Waals surface area contributed by atoms with E-state index in [1.54, 1.807) is 24.0 Å². The van der Waals surface area contributed by atoms with Gasteiger partial charge in [0.25, 0.3) is 5.91 Å². The molecule has 0 aromatic heterocycles. The Labute approximate surface area is 162 Å². The Morgan fingerprint density at radius 2 is 1.89 bits per heavy atom. The SMILES string of the molecule is CCOC(=O)CCN(CC1CCCN1CC)C(=O)c1ccc(OCC)cc1. The number of hydrogen-bond acceptors (Lipinski definition) is 5. The molecule has 6 nitrogen and oxygen atoms in total. The minimum Gasteiger partial charge on any atom is -0.494 e. The Balaban J connectivity index is 2.09. The number of carbonyl (C=O) groups excluding carboxylic acids is 2. The third kappa shape index (κ3) is 6.24. The van der Waals surface area contributed by atoms with Crippen LogP contribution in [0, 0.1) is 0 Å². The average molecular weight is 376 g/mol. The normalized spacial score (nSPS) is 16.9. The van der Waals surface area contributed by atoms with Crippen LogP contribution in [0.2, 0.25) is 0 Å². The van der Waals surface area contributed by atoms with Gasteiger partial charge in [-0.15, -0.1) is 0 Å². The van der Waals surface area contributed by atoms with Crippen molar-refractivity contribution in [3.05, 3.63) is 29.8 Å². The lowest BCUT2D eigenvalue weighted by molar-refractivity contribution is -0.143. The number of ether oxygens (including phenoxy) is 2. The molecule has 1 aromatic carbocycles. The van der Waals surface area contributed by atoms with Crippen LogP contribution in [-0.2, 0) is 9.53 Å². The molecule has 1 amide bonds. The number of benzene rings is 1. The molecule has 0 radical (unpaired) electrons. The summed E-state index contributed by atoms with van der Waals surface area (Å²) in [5.41, 5.74) is 0.614. The van der Waals surface area contributed by atoms with Crippen molar-refractivity contribution < 1.29 is 19.1 Å². The van der Waals surface area contributed by atoms with Gasteiger partial charge in [0.1, 0.15) is 5.75 Å². The Morgan fingerprint density at radius 1 is 1.15 bits per heavy atom. The quantitative estimate of drug-likeness (QED) is 0.588. The summed E-state index contributed by atoms with van der Waals surface area (Å²) in [4.78, 5) is 29.1. The highest BCUT2D eigenvalue weighted by atomic mass is 16.5. The van der Waals surface area contributed by atoms with Crippen molar-refractivity contribution in [2.45, 2.75) is 46.1 Å². The van der Waals surface area contributed by atoms with Gasteiger partial charge >= 0.3 is 5.97 Å². The molecule has 0 spiro atoms. The molecule has 0 N–H and O–H groups in total. The fourth-order valence-corrected chi connectivity index (χ4v) is 3.55. The largest absolute Gasteiger partial charge is 0.494 e. The van der Waals surface area contributed by atoms with Crippen LogP contribution in [0.1, 0.15) is 50.4 Å².